The number of aromatic nitrogens is 3. The first-order chi connectivity index (χ1) is 14.2. The minimum atomic E-state index is -0.304. The Balaban J connectivity index is 1.52. The molecule has 150 valence electrons. The highest BCUT2D eigenvalue weighted by Crippen LogP contribution is 2.24. The Hall–Kier alpha value is -2.93. The zero-order valence-corrected chi connectivity index (χ0v) is 16.9. The van der Waals surface area contributed by atoms with E-state index in [1.807, 2.05) is 22.8 Å². The number of nitrogens with zero attached hydrogens (tertiary/aromatic N) is 3. The molecule has 0 saturated carbocycles. The number of aryl methyl sites for hydroxylation is 1. The summed E-state index contributed by atoms with van der Waals surface area (Å²) in [6.45, 7) is 4.90. The highest BCUT2D eigenvalue weighted by molar-refractivity contribution is 7.99. The van der Waals surface area contributed by atoms with Gasteiger partial charge in [0.2, 0.25) is 5.91 Å². The number of carbonyl (C=O) groups is 1. The van der Waals surface area contributed by atoms with Crippen molar-refractivity contribution in [3.8, 4) is 11.4 Å². The normalized spacial score (nSPS) is 10.7. The van der Waals surface area contributed by atoms with Crippen LogP contribution in [-0.4, -0.2) is 33.0 Å². The van der Waals surface area contributed by atoms with Gasteiger partial charge in [0.25, 0.3) is 0 Å². The molecule has 0 unspecified atom stereocenters. The second kappa shape index (κ2) is 10.6. The Bertz CT molecular complexity index is 941. The molecule has 0 atom stereocenters. The number of halogens is 1. The molecule has 0 aliphatic carbocycles. The SMILES string of the molecule is C=CCn1c(SCC(=O)NCCCc2ccccc2)nnc1-c1ccc(F)cc1. The van der Waals surface area contributed by atoms with E-state index in [-0.39, 0.29) is 17.5 Å². The van der Waals surface area contributed by atoms with Gasteiger partial charge in [-0.2, -0.15) is 0 Å². The van der Waals surface area contributed by atoms with Crippen LogP contribution in [0.25, 0.3) is 11.4 Å². The molecule has 1 heterocycles. The largest absolute Gasteiger partial charge is 0.355 e. The minimum absolute atomic E-state index is 0.0421. The van der Waals surface area contributed by atoms with Gasteiger partial charge in [0.05, 0.1) is 5.75 Å². The van der Waals surface area contributed by atoms with Crippen LogP contribution in [0.3, 0.4) is 0 Å². The van der Waals surface area contributed by atoms with Crippen molar-refractivity contribution >= 4 is 17.7 Å². The predicted molar refractivity (Wildman–Crippen MR) is 114 cm³/mol. The van der Waals surface area contributed by atoms with Crippen LogP contribution in [-0.2, 0) is 17.8 Å². The summed E-state index contributed by atoms with van der Waals surface area (Å²) in [6.07, 6.45) is 3.56. The first kappa shape index (κ1) is 20.8. The van der Waals surface area contributed by atoms with E-state index in [2.05, 4.69) is 34.2 Å². The average Bonchev–Trinajstić information content (AvgIpc) is 3.14. The number of hydrogen-bond donors (Lipinski definition) is 1. The van der Waals surface area contributed by atoms with Crippen molar-refractivity contribution in [2.45, 2.75) is 24.5 Å². The van der Waals surface area contributed by atoms with Crippen LogP contribution in [0.4, 0.5) is 4.39 Å². The molecule has 3 aromatic rings. The molecule has 0 bridgehead atoms. The average molecular weight is 411 g/mol. The molecule has 3 rings (SSSR count). The Labute approximate surface area is 174 Å². The van der Waals surface area contributed by atoms with Crippen molar-refractivity contribution in [1.82, 2.24) is 20.1 Å². The number of amides is 1. The van der Waals surface area contributed by atoms with E-state index in [0.717, 1.165) is 18.4 Å². The third kappa shape index (κ3) is 6.02. The Morgan fingerprint density at radius 2 is 1.90 bits per heavy atom. The zero-order chi connectivity index (χ0) is 20.5. The number of rotatable bonds is 10. The zero-order valence-electron chi connectivity index (χ0n) is 16.1. The van der Waals surface area contributed by atoms with Crippen molar-refractivity contribution in [3.05, 3.63) is 78.6 Å². The number of allylic oxidation sites excluding steroid dienone is 1. The molecule has 0 fully saturated rings. The number of hydrogen-bond acceptors (Lipinski definition) is 4. The first-order valence-corrected chi connectivity index (χ1v) is 10.4. The predicted octanol–water partition coefficient (Wildman–Crippen LogP) is 4.11. The fourth-order valence-electron chi connectivity index (χ4n) is 2.85. The summed E-state index contributed by atoms with van der Waals surface area (Å²) in [4.78, 5) is 12.2. The Morgan fingerprint density at radius 1 is 1.14 bits per heavy atom. The molecular weight excluding hydrogens is 387 g/mol. The summed E-state index contributed by atoms with van der Waals surface area (Å²) < 4.78 is 15.1. The van der Waals surface area contributed by atoms with Crippen LogP contribution in [0.15, 0.2) is 72.4 Å². The van der Waals surface area contributed by atoms with E-state index in [9.17, 15) is 9.18 Å². The van der Waals surface area contributed by atoms with E-state index in [4.69, 9.17) is 0 Å². The quantitative estimate of drug-likeness (QED) is 0.310. The molecular formula is C22H23FN4OS. The van der Waals surface area contributed by atoms with E-state index in [1.165, 1.54) is 29.5 Å². The lowest BCUT2D eigenvalue weighted by Gasteiger charge is -2.08. The molecule has 5 nitrogen and oxygen atoms in total. The molecule has 1 N–H and O–H groups in total. The lowest BCUT2D eigenvalue weighted by atomic mass is 10.1. The van der Waals surface area contributed by atoms with Gasteiger partial charge in [0.1, 0.15) is 5.82 Å². The van der Waals surface area contributed by atoms with Gasteiger partial charge in [0.15, 0.2) is 11.0 Å². The van der Waals surface area contributed by atoms with Crippen LogP contribution in [0.2, 0.25) is 0 Å². The molecule has 0 radical (unpaired) electrons. The second-order valence-electron chi connectivity index (χ2n) is 6.44. The Morgan fingerprint density at radius 3 is 2.62 bits per heavy atom. The second-order valence-corrected chi connectivity index (χ2v) is 7.38. The minimum Gasteiger partial charge on any atom is -0.355 e. The Kier molecular flexibility index (Phi) is 7.58. The molecule has 1 amide bonds. The molecule has 0 aliphatic heterocycles. The van der Waals surface area contributed by atoms with Gasteiger partial charge >= 0.3 is 0 Å². The summed E-state index contributed by atoms with van der Waals surface area (Å²) in [7, 11) is 0. The molecule has 0 aliphatic rings. The summed E-state index contributed by atoms with van der Waals surface area (Å²) in [5.41, 5.74) is 2.03. The summed E-state index contributed by atoms with van der Waals surface area (Å²) in [5, 5.41) is 12.0. The molecule has 29 heavy (non-hydrogen) atoms. The van der Waals surface area contributed by atoms with Crippen molar-refractivity contribution in [2.24, 2.45) is 0 Å². The molecule has 0 spiro atoms. The third-order valence-electron chi connectivity index (χ3n) is 4.27. The first-order valence-electron chi connectivity index (χ1n) is 9.41. The van der Waals surface area contributed by atoms with Crippen molar-refractivity contribution in [3.63, 3.8) is 0 Å². The van der Waals surface area contributed by atoms with Gasteiger partial charge in [-0.25, -0.2) is 4.39 Å². The molecule has 7 heteroatoms. The molecule has 0 saturated heterocycles. The van der Waals surface area contributed by atoms with Crippen LogP contribution >= 0.6 is 11.8 Å². The van der Waals surface area contributed by atoms with Crippen molar-refractivity contribution in [2.75, 3.05) is 12.3 Å². The smallest absolute Gasteiger partial charge is 0.230 e. The summed E-state index contributed by atoms with van der Waals surface area (Å²) >= 11 is 1.32. The maximum Gasteiger partial charge on any atom is 0.230 e. The maximum absolute atomic E-state index is 13.2. The highest BCUT2D eigenvalue weighted by Gasteiger charge is 2.15. The van der Waals surface area contributed by atoms with E-state index >= 15 is 0 Å². The van der Waals surface area contributed by atoms with Crippen molar-refractivity contribution in [1.29, 1.82) is 0 Å². The topological polar surface area (TPSA) is 59.8 Å². The number of benzene rings is 2. The summed E-state index contributed by atoms with van der Waals surface area (Å²) in [5.74, 6) is 0.529. The third-order valence-corrected chi connectivity index (χ3v) is 5.24. The van der Waals surface area contributed by atoms with Gasteiger partial charge in [-0.05, 0) is 42.7 Å². The van der Waals surface area contributed by atoms with Gasteiger partial charge in [-0.1, -0.05) is 48.2 Å². The maximum atomic E-state index is 13.2. The van der Waals surface area contributed by atoms with Gasteiger partial charge in [-0.3, -0.25) is 9.36 Å². The standard InChI is InChI=1S/C22H23FN4OS/c1-2-15-27-21(18-10-12-19(23)13-11-18)25-26-22(27)29-16-20(28)24-14-6-9-17-7-4-3-5-8-17/h2-5,7-8,10-13H,1,6,9,14-16H2,(H,24,28). The lowest BCUT2D eigenvalue weighted by molar-refractivity contribution is -0.118. The fourth-order valence-corrected chi connectivity index (χ4v) is 3.63. The van der Waals surface area contributed by atoms with E-state index in [1.54, 1.807) is 18.2 Å². The van der Waals surface area contributed by atoms with Crippen molar-refractivity contribution < 1.29 is 9.18 Å². The van der Waals surface area contributed by atoms with Crippen LogP contribution in [0.1, 0.15) is 12.0 Å². The van der Waals surface area contributed by atoms with Crippen LogP contribution < -0.4 is 5.32 Å². The number of thioether (sulfide) groups is 1. The van der Waals surface area contributed by atoms with Crippen LogP contribution in [0, 0.1) is 5.82 Å². The molecule has 2 aromatic carbocycles. The van der Waals surface area contributed by atoms with Crippen LogP contribution in [0.5, 0.6) is 0 Å². The molecule has 1 aromatic heterocycles. The van der Waals surface area contributed by atoms with E-state index in [0.29, 0.717) is 24.1 Å². The number of carbonyl (C=O) groups excluding carboxylic acids is 1. The highest BCUT2D eigenvalue weighted by atomic mass is 32.2. The fraction of sp³-hybridized carbons (Fsp3) is 0.227. The van der Waals surface area contributed by atoms with Gasteiger partial charge < -0.3 is 5.32 Å². The lowest BCUT2D eigenvalue weighted by Crippen LogP contribution is -2.26. The van der Waals surface area contributed by atoms with E-state index < -0.39 is 0 Å². The van der Waals surface area contributed by atoms with Gasteiger partial charge in [0, 0.05) is 18.7 Å². The number of nitrogens with one attached hydrogen (secondary N) is 1. The summed E-state index contributed by atoms with van der Waals surface area (Å²) in [6, 6.07) is 16.3. The monoisotopic (exact) mass is 410 g/mol. The van der Waals surface area contributed by atoms with Gasteiger partial charge in [-0.15, -0.1) is 16.8 Å².